The Hall–Kier alpha value is -3.56. The number of benzene rings is 4. The fourth-order valence-electron chi connectivity index (χ4n) is 4.93. The van der Waals surface area contributed by atoms with Crippen LogP contribution < -0.4 is 9.62 Å². The lowest BCUT2D eigenvalue weighted by atomic mass is 10.0. The minimum absolute atomic E-state index is 0.0356. The topological polar surface area (TPSA) is 86.8 Å². The van der Waals surface area contributed by atoms with Gasteiger partial charge < -0.3 is 10.2 Å². The number of carbonyl (C=O) groups excluding carboxylic acids is 2. The summed E-state index contributed by atoms with van der Waals surface area (Å²) in [6.07, 6.45) is 0.175. The zero-order valence-corrected chi connectivity index (χ0v) is 29.1. The van der Waals surface area contributed by atoms with Gasteiger partial charge in [0.15, 0.2) is 0 Å². The summed E-state index contributed by atoms with van der Waals surface area (Å²) in [7, 11) is -4.26. The molecule has 46 heavy (non-hydrogen) atoms. The molecule has 0 bridgehead atoms. The SMILES string of the molecule is Cc1ccccc1N(CC(=O)N(Cc1ccc(Cl)cc1Cl)C(Cc1ccccc1)C(=O)NC(C)(C)C)S(=O)(=O)c1ccc(Cl)cc1. The fourth-order valence-corrected chi connectivity index (χ4v) is 7.00. The van der Waals surface area contributed by atoms with Crippen LogP contribution in [-0.2, 0) is 32.6 Å². The summed E-state index contributed by atoms with van der Waals surface area (Å²) in [6, 6.07) is 25.9. The minimum atomic E-state index is -4.26. The van der Waals surface area contributed by atoms with Gasteiger partial charge in [0.25, 0.3) is 10.0 Å². The summed E-state index contributed by atoms with van der Waals surface area (Å²) < 4.78 is 29.4. The number of amides is 2. The summed E-state index contributed by atoms with van der Waals surface area (Å²) in [4.78, 5) is 30.0. The van der Waals surface area contributed by atoms with Gasteiger partial charge in [-0.1, -0.05) is 89.4 Å². The molecule has 1 N–H and O–H groups in total. The van der Waals surface area contributed by atoms with Crippen molar-refractivity contribution >= 4 is 62.3 Å². The fraction of sp³-hybridized carbons (Fsp3) is 0.257. The molecular formula is C35H36Cl3N3O4S. The van der Waals surface area contributed by atoms with E-state index in [0.717, 1.165) is 9.87 Å². The van der Waals surface area contributed by atoms with Crippen LogP contribution in [0, 0.1) is 6.92 Å². The maximum absolute atomic E-state index is 14.6. The van der Waals surface area contributed by atoms with E-state index in [0.29, 0.717) is 31.9 Å². The third-order valence-electron chi connectivity index (χ3n) is 7.19. The zero-order chi connectivity index (χ0) is 33.6. The second-order valence-electron chi connectivity index (χ2n) is 12.0. The summed E-state index contributed by atoms with van der Waals surface area (Å²) in [6.45, 7) is 6.66. The summed E-state index contributed by atoms with van der Waals surface area (Å²) in [5.74, 6) is -0.991. The van der Waals surface area contributed by atoms with Crippen LogP contribution in [0.5, 0.6) is 0 Å². The molecule has 4 rings (SSSR count). The van der Waals surface area contributed by atoms with Gasteiger partial charge in [-0.3, -0.25) is 13.9 Å². The molecule has 242 valence electrons. The predicted molar refractivity (Wildman–Crippen MR) is 186 cm³/mol. The van der Waals surface area contributed by atoms with Gasteiger partial charge in [-0.05, 0) is 86.8 Å². The van der Waals surface area contributed by atoms with Crippen molar-refractivity contribution in [1.82, 2.24) is 10.2 Å². The molecule has 0 fully saturated rings. The molecule has 0 spiro atoms. The summed E-state index contributed by atoms with van der Waals surface area (Å²) in [5, 5.41) is 4.11. The van der Waals surface area contributed by atoms with E-state index in [1.165, 1.54) is 29.2 Å². The number of rotatable bonds is 11. The van der Waals surface area contributed by atoms with E-state index < -0.39 is 40.0 Å². The number of hydrogen-bond donors (Lipinski definition) is 1. The molecule has 0 heterocycles. The Balaban J connectivity index is 1.85. The quantitative estimate of drug-likeness (QED) is 0.174. The number of halogens is 3. The van der Waals surface area contributed by atoms with Crippen molar-refractivity contribution in [2.75, 3.05) is 10.8 Å². The van der Waals surface area contributed by atoms with Crippen LogP contribution in [0.1, 0.15) is 37.5 Å². The molecule has 4 aromatic rings. The highest BCUT2D eigenvalue weighted by Crippen LogP contribution is 2.29. The molecule has 1 atom stereocenters. The van der Waals surface area contributed by atoms with Crippen molar-refractivity contribution in [2.24, 2.45) is 0 Å². The first kappa shape index (κ1) is 35.3. The van der Waals surface area contributed by atoms with E-state index in [4.69, 9.17) is 34.8 Å². The predicted octanol–water partition coefficient (Wildman–Crippen LogP) is 7.71. The molecule has 0 aliphatic rings. The van der Waals surface area contributed by atoms with Crippen LogP contribution in [-0.4, -0.2) is 43.3 Å². The lowest BCUT2D eigenvalue weighted by Gasteiger charge is -2.35. The molecule has 0 radical (unpaired) electrons. The monoisotopic (exact) mass is 699 g/mol. The number of anilines is 1. The number of nitrogens with zero attached hydrogens (tertiary/aromatic N) is 2. The largest absolute Gasteiger partial charge is 0.350 e. The second kappa shape index (κ2) is 14.9. The smallest absolute Gasteiger partial charge is 0.264 e. The van der Waals surface area contributed by atoms with Gasteiger partial charge in [0, 0.05) is 33.6 Å². The molecule has 11 heteroatoms. The Labute approximate surface area is 286 Å². The van der Waals surface area contributed by atoms with E-state index >= 15 is 0 Å². The first-order chi connectivity index (χ1) is 21.7. The van der Waals surface area contributed by atoms with E-state index in [-0.39, 0.29) is 17.9 Å². The number of para-hydroxylation sites is 1. The summed E-state index contributed by atoms with van der Waals surface area (Å²) >= 11 is 18.8. The Kier molecular flexibility index (Phi) is 11.4. The number of sulfonamides is 1. The number of hydrogen-bond acceptors (Lipinski definition) is 4. The van der Waals surface area contributed by atoms with Gasteiger partial charge in [-0.2, -0.15) is 0 Å². The van der Waals surface area contributed by atoms with Gasteiger partial charge in [0.1, 0.15) is 12.6 Å². The maximum Gasteiger partial charge on any atom is 0.264 e. The highest BCUT2D eigenvalue weighted by molar-refractivity contribution is 7.92. The van der Waals surface area contributed by atoms with E-state index in [9.17, 15) is 18.0 Å². The van der Waals surface area contributed by atoms with Crippen LogP contribution in [0.3, 0.4) is 0 Å². The molecular weight excluding hydrogens is 665 g/mol. The van der Waals surface area contributed by atoms with Crippen molar-refractivity contribution < 1.29 is 18.0 Å². The van der Waals surface area contributed by atoms with Gasteiger partial charge in [-0.15, -0.1) is 0 Å². The third kappa shape index (κ3) is 9.04. The van der Waals surface area contributed by atoms with E-state index in [1.54, 1.807) is 49.4 Å². The number of carbonyl (C=O) groups is 2. The Bertz CT molecular complexity index is 1790. The average molecular weight is 701 g/mol. The van der Waals surface area contributed by atoms with Crippen LogP contribution in [0.2, 0.25) is 15.1 Å². The molecule has 0 saturated heterocycles. The third-order valence-corrected chi connectivity index (χ3v) is 9.80. The van der Waals surface area contributed by atoms with Crippen molar-refractivity contribution in [1.29, 1.82) is 0 Å². The van der Waals surface area contributed by atoms with Gasteiger partial charge in [0.05, 0.1) is 10.6 Å². The Morgan fingerprint density at radius 2 is 1.43 bits per heavy atom. The first-order valence-electron chi connectivity index (χ1n) is 14.6. The van der Waals surface area contributed by atoms with Crippen LogP contribution in [0.4, 0.5) is 5.69 Å². The normalized spacial score (nSPS) is 12.3. The van der Waals surface area contributed by atoms with Crippen molar-refractivity contribution in [2.45, 2.75) is 57.1 Å². The highest BCUT2D eigenvalue weighted by Gasteiger charge is 2.36. The molecule has 4 aromatic carbocycles. The Morgan fingerprint density at radius 1 is 0.826 bits per heavy atom. The maximum atomic E-state index is 14.6. The van der Waals surface area contributed by atoms with Gasteiger partial charge in [0.2, 0.25) is 11.8 Å². The van der Waals surface area contributed by atoms with Crippen molar-refractivity contribution in [3.05, 3.63) is 129 Å². The molecule has 1 unspecified atom stereocenters. The highest BCUT2D eigenvalue weighted by atomic mass is 35.5. The lowest BCUT2D eigenvalue weighted by molar-refractivity contribution is -0.140. The molecule has 7 nitrogen and oxygen atoms in total. The molecule has 0 aliphatic carbocycles. The van der Waals surface area contributed by atoms with Gasteiger partial charge >= 0.3 is 0 Å². The van der Waals surface area contributed by atoms with Gasteiger partial charge in [-0.25, -0.2) is 8.42 Å². The Morgan fingerprint density at radius 3 is 2.04 bits per heavy atom. The standard InChI is InChI=1S/C35H36Cl3N3O4S/c1-24-10-8-9-13-31(24)41(46(44,45)29-18-16-27(36)17-19-29)23-33(42)40(22-26-14-15-28(37)21-30(26)38)32(34(43)39-35(2,3)4)20-25-11-6-5-7-12-25/h5-19,21,32H,20,22-23H2,1-4H3,(H,39,43). The van der Waals surface area contributed by atoms with Crippen LogP contribution >= 0.6 is 34.8 Å². The second-order valence-corrected chi connectivity index (χ2v) is 15.1. The molecule has 0 aliphatic heterocycles. The molecule has 2 amide bonds. The number of nitrogens with one attached hydrogen (secondary N) is 1. The average Bonchev–Trinajstić information content (AvgIpc) is 2.99. The lowest BCUT2D eigenvalue weighted by Crippen LogP contribution is -2.56. The summed E-state index contributed by atoms with van der Waals surface area (Å²) in [5.41, 5.74) is 1.73. The minimum Gasteiger partial charge on any atom is -0.350 e. The van der Waals surface area contributed by atoms with Crippen LogP contribution in [0.15, 0.2) is 102 Å². The zero-order valence-electron chi connectivity index (χ0n) is 26.0. The van der Waals surface area contributed by atoms with Crippen molar-refractivity contribution in [3.8, 4) is 0 Å². The molecule has 0 saturated carbocycles. The van der Waals surface area contributed by atoms with E-state index in [1.807, 2.05) is 51.1 Å². The van der Waals surface area contributed by atoms with Crippen molar-refractivity contribution in [3.63, 3.8) is 0 Å². The first-order valence-corrected chi connectivity index (χ1v) is 17.2. The molecule has 0 aromatic heterocycles. The van der Waals surface area contributed by atoms with Crippen LogP contribution in [0.25, 0.3) is 0 Å². The van der Waals surface area contributed by atoms with E-state index in [2.05, 4.69) is 5.32 Å². The number of aryl methyl sites for hydroxylation is 1.